The molecule has 0 aromatic heterocycles. The van der Waals surface area contributed by atoms with E-state index in [1.165, 1.54) is 4.90 Å². The fourth-order valence-electron chi connectivity index (χ4n) is 6.96. The van der Waals surface area contributed by atoms with Crippen molar-refractivity contribution in [3.63, 3.8) is 0 Å². The molecular weight excluding hydrogens is 422 g/mol. The van der Waals surface area contributed by atoms with E-state index in [2.05, 4.69) is 0 Å². The van der Waals surface area contributed by atoms with E-state index < -0.39 is 22.7 Å². The highest BCUT2D eigenvalue weighted by atomic mass is 16.2. The molecule has 0 unspecified atom stereocenters. The van der Waals surface area contributed by atoms with Gasteiger partial charge in [-0.1, -0.05) is 85.8 Å². The predicted molar refractivity (Wildman–Crippen MR) is 131 cm³/mol. The van der Waals surface area contributed by atoms with Gasteiger partial charge in [-0.2, -0.15) is 0 Å². The van der Waals surface area contributed by atoms with Gasteiger partial charge < -0.3 is 0 Å². The Bertz CT molecular complexity index is 1360. The number of para-hydroxylation sites is 1. The van der Waals surface area contributed by atoms with Gasteiger partial charge >= 0.3 is 0 Å². The Labute approximate surface area is 198 Å². The van der Waals surface area contributed by atoms with Crippen LogP contribution in [0.1, 0.15) is 31.4 Å². The summed E-state index contributed by atoms with van der Waals surface area (Å²) in [5.41, 5.74) is 2.12. The molecule has 2 bridgehead atoms. The maximum Gasteiger partial charge on any atom is 0.239 e. The molecule has 6 rings (SSSR count). The van der Waals surface area contributed by atoms with Crippen molar-refractivity contribution in [2.45, 2.75) is 20.3 Å². The lowest BCUT2D eigenvalue weighted by molar-refractivity contribution is -0.134. The molecule has 4 heteroatoms. The molecule has 3 aromatic rings. The van der Waals surface area contributed by atoms with Gasteiger partial charge in [0.15, 0.2) is 5.78 Å². The quantitative estimate of drug-likeness (QED) is 0.503. The number of rotatable bonds is 4. The highest BCUT2D eigenvalue weighted by Gasteiger charge is 2.79. The van der Waals surface area contributed by atoms with Gasteiger partial charge in [0, 0.05) is 0 Å². The fourth-order valence-corrected chi connectivity index (χ4v) is 6.96. The molecule has 3 aliphatic rings. The minimum absolute atomic E-state index is 0.00428. The van der Waals surface area contributed by atoms with Crippen molar-refractivity contribution in [2.75, 3.05) is 4.90 Å². The van der Waals surface area contributed by atoms with Crippen LogP contribution in [0.25, 0.3) is 11.1 Å². The maximum absolute atomic E-state index is 14.4. The van der Waals surface area contributed by atoms with Gasteiger partial charge in [0.05, 0.1) is 28.4 Å². The van der Waals surface area contributed by atoms with Crippen molar-refractivity contribution in [3.05, 3.63) is 102 Å². The molecule has 3 aromatic carbocycles. The first kappa shape index (κ1) is 20.8. The van der Waals surface area contributed by atoms with Crippen LogP contribution in [0.15, 0.2) is 91.0 Å². The van der Waals surface area contributed by atoms with Crippen molar-refractivity contribution in [1.29, 1.82) is 0 Å². The second kappa shape index (κ2) is 7.10. The Morgan fingerprint density at radius 1 is 0.676 bits per heavy atom. The second-order valence-corrected chi connectivity index (χ2v) is 9.64. The molecule has 2 fully saturated rings. The van der Waals surface area contributed by atoms with Gasteiger partial charge in [0.1, 0.15) is 0 Å². The fraction of sp³-hybridized carbons (Fsp3) is 0.233. The Morgan fingerprint density at radius 2 is 1.15 bits per heavy atom. The van der Waals surface area contributed by atoms with Gasteiger partial charge in [-0.25, -0.2) is 4.90 Å². The van der Waals surface area contributed by atoms with Crippen molar-refractivity contribution < 1.29 is 14.4 Å². The van der Waals surface area contributed by atoms with Crippen molar-refractivity contribution in [3.8, 4) is 0 Å². The summed E-state index contributed by atoms with van der Waals surface area (Å²) >= 11 is 0. The zero-order valence-electron chi connectivity index (χ0n) is 19.2. The molecule has 1 heterocycles. The van der Waals surface area contributed by atoms with Crippen molar-refractivity contribution >= 4 is 34.4 Å². The Kier molecular flexibility index (Phi) is 4.34. The van der Waals surface area contributed by atoms with E-state index in [1.54, 1.807) is 12.1 Å². The molecule has 168 valence electrons. The molecular formula is C30H25NO3. The minimum atomic E-state index is -1.08. The summed E-state index contributed by atoms with van der Waals surface area (Å²) < 4.78 is 0. The molecule has 0 radical (unpaired) electrons. The lowest BCUT2D eigenvalue weighted by Gasteiger charge is -2.37. The first-order chi connectivity index (χ1) is 16.5. The van der Waals surface area contributed by atoms with E-state index in [9.17, 15) is 14.4 Å². The topological polar surface area (TPSA) is 54.5 Å². The molecule has 2 aliphatic carbocycles. The largest absolute Gasteiger partial charge is 0.298 e. The van der Waals surface area contributed by atoms with E-state index in [-0.39, 0.29) is 17.6 Å². The smallest absolute Gasteiger partial charge is 0.239 e. The molecule has 1 saturated heterocycles. The zero-order valence-corrected chi connectivity index (χ0v) is 19.2. The van der Waals surface area contributed by atoms with Crippen LogP contribution in [0.2, 0.25) is 0 Å². The minimum Gasteiger partial charge on any atom is -0.298 e. The normalized spacial score (nSPS) is 29.8. The zero-order chi connectivity index (χ0) is 23.7. The summed E-state index contributed by atoms with van der Waals surface area (Å²) in [6, 6.07) is 28.8. The van der Waals surface area contributed by atoms with Gasteiger partial charge in [-0.3, -0.25) is 14.4 Å². The average molecular weight is 448 g/mol. The van der Waals surface area contributed by atoms with Crippen LogP contribution in [0.3, 0.4) is 0 Å². The number of fused-ring (bicyclic) bond motifs is 5. The Morgan fingerprint density at radius 3 is 1.68 bits per heavy atom. The third-order valence-electron chi connectivity index (χ3n) is 8.25. The maximum atomic E-state index is 14.4. The highest BCUT2D eigenvalue weighted by molar-refractivity contribution is 6.34. The van der Waals surface area contributed by atoms with Gasteiger partial charge in [-0.15, -0.1) is 0 Å². The van der Waals surface area contributed by atoms with Crippen LogP contribution in [0.5, 0.6) is 0 Å². The number of anilines is 1. The van der Waals surface area contributed by atoms with E-state index in [1.807, 2.05) is 92.7 Å². The van der Waals surface area contributed by atoms with Crippen molar-refractivity contribution in [2.24, 2.45) is 22.7 Å². The highest BCUT2D eigenvalue weighted by Crippen LogP contribution is 2.74. The molecule has 1 aliphatic heterocycles. The number of nitrogens with zero attached hydrogens (tertiary/aromatic N) is 1. The second-order valence-electron chi connectivity index (χ2n) is 9.64. The summed E-state index contributed by atoms with van der Waals surface area (Å²) in [4.78, 5) is 43.7. The number of amides is 2. The standard InChI is InChI=1S/C30H25NO3/c1-3-30-23(20-15-9-5-10-16-20)22(19-13-7-4-8-14-19)29(2,28(30)34)24-25(30)27(33)31(26(24)32)21-17-11-6-12-18-21/h4-18,24-25H,3H2,1-2H3/t24-,25-,29+,30-/m1/s1. The van der Waals surface area contributed by atoms with Gasteiger partial charge in [0.2, 0.25) is 11.8 Å². The summed E-state index contributed by atoms with van der Waals surface area (Å²) in [5.74, 6) is -1.95. The molecule has 0 spiro atoms. The number of carbonyl (C=O) groups is 3. The Hall–Kier alpha value is -3.79. The van der Waals surface area contributed by atoms with Gasteiger partial charge in [-0.05, 0) is 47.8 Å². The Balaban J connectivity index is 1.67. The van der Waals surface area contributed by atoms with E-state index in [4.69, 9.17) is 0 Å². The summed E-state index contributed by atoms with van der Waals surface area (Å²) in [7, 11) is 0. The van der Waals surface area contributed by atoms with Gasteiger partial charge in [0.25, 0.3) is 0 Å². The van der Waals surface area contributed by atoms with Crippen LogP contribution in [0.4, 0.5) is 5.69 Å². The van der Waals surface area contributed by atoms with Crippen molar-refractivity contribution in [1.82, 2.24) is 0 Å². The predicted octanol–water partition coefficient (Wildman–Crippen LogP) is 5.40. The third kappa shape index (κ3) is 2.30. The first-order valence-electron chi connectivity index (χ1n) is 11.8. The summed E-state index contributed by atoms with van der Waals surface area (Å²) in [6.45, 7) is 3.86. The lowest BCUT2D eigenvalue weighted by Crippen LogP contribution is -2.41. The number of hydrogen-bond acceptors (Lipinski definition) is 3. The first-order valence-corrected chi connectivity index (χ1v) is 11.8. The van der Waals surface area contributed by atoms with Crippen LogP contribution < -0.4 is 4.90 Å². The third-order valence-corrected chi connectivity index (χ3v) is 8.25. The SMILES string of the molecule is CC[C@@]12C(=O)[C@@](C)(C(c3ccccc3)=C1c1ccccc1)[C@H]1C(=O)N(c3ccccc3)C(=O)[C@@H]12. The molecule has 2 amide bonds. The molecule has 34 heavy (non-hydrogen) atoms. The molecule has 4 nitrogen and oxygen atoms in total. The van der Waals surface area contributed by atoms with Crippen LogP contribution in [-0.4, -0.2) is 17.6 Å². The number of imide groups is 1. The number of allylic oxidation sites excluding steroid dienone is 2. The molecule has 0 N–H and O–H groups in total. The molecule has 1 saturated carbocycles. The van der Waals surface area contributed by atoms with E-state index in [0.29, 0.717) is 12.1 Å². The number of hydrogen-bond donors (Lipinski definition) is 0. The van der Waals surface area contributed by atoms with E-state index >= 15 is 0 Å². The lowest BCUT2D eigenvalue weighted by atomic mass is 9.62. The van der Waals surface area contributed by atoms with E-state index in [0.717, 1.165) is 22.3 Å². The average Bonchev–Trinajstić information content (AvgIpc) is 3.35. The summed E-state index contributed by atoms with van der Waals surface area (Å²) in [6.07, 6.45) is 0.463. The number of ketones is 1. The summed E-state index contributed by atoms with van der Waals surface area (Å²) in [5, 5.41) is 0. The monoisotopic (exact) mass is 447 g/mol. The molecule has 4 atom stereocenters. The number of carbonyl (C=O) groups excluding carboxylic acids is 3. The van der Waals surface area contributed by atoms with Crippen LogP contribution in [-0.2, 0) is 14.4 Å². The number of Topliss-reactive ketones (excluding diaryl/α,β-unsaturated/α-hetero) is 1. The van der Waals surface area contributed by atoms with Crippen LogP contribution in [0, 0.1) is 22.7 Å². The number of benzene rings is 3. The van der Waals surface area contributed by atoms with Crippen LogP contribution >= 0.6 is 0 Å².